The number of carboxylic acid groups (broad SMARTS) is 1. The normalized spacial score (nSPS) is 20.2. The number of amides is 2. The van der Waals surface area contributed by atoms with Gasteiger partial charge in [0.2, 0.25) is 5.91 Å². The Morgan fingerprint density at radius 1 is 1.09 bits per heavy atom. The summed E-state index contributed by atoms with van der Waals surface area (Å²) in [7, 11) is 0. The van der Waals surface area contributed by atoms with Crippen molar-refractivity contribution in [2.45, 2.75) is 57.5 Å². The van der Waals surface area contributed by atoms with E-state index in [4.69, 9.17) is 4.74 Å². The average molecular weight is 465 g/mol. The molecule has 0 radical (unpaired) electrons. The standard InChI is InChI=1S/C27H32N2O5/c1-3-8-23(25(30)29-14-13-17(2)15-24(29)26(31)32)28-27(33)34-16-22-20-11-6-4-9-18(20)19-10-5-7-12-21(19)22/h4-7,9-12,17,22-24H,3,8,13-16H2,1-2H3,(H,28,33)(H,31,32)/t17?,23-,24?/m1/s1. The van der Waals surface area contributed by atoms with Gasteiger partial charge >= 0.3 is 12.1 Å². The van der Waals surface area contributed by atoms with Crippen molar-refractivity contribution in [3.8, 4) is 11.1 Å². The van der Waals surface area contributed by atoms with Crippen LogP contribution in [0.5, 0.6) is 0 Å². The van der Waals surface area contributed by atoms with Gasteiger partial charge in [-0.2, -0.15) is 0 Å². The molecule has 1 aliphatic carbocycles. The lowest BCUT2D eigenvalue weighted by Crippen LogP contribution is -2.56. The molecule has 2 aromatic rings. The van der Waals surface area contributed by atoms with Gasteiger partial charge in [0.25, 0.3) is 0 Å². The summed E-state index contributed by atoms with van der Waals surface area (Å²) in [5.41, 5.74) is 4.52. The molecule has 1 fully saturated rings. The SMILES string of the molecule is CCC[C@@H](NC(=O)OCC1c2ccccc2-c2ccccc21)C(=O)N1CCC(C)CC1C(=O)O. The molecule has 3 atom stereocenters. The topological polar surface area (TPSA) is 95.9 Å². The summed E-state index contributed by atoms with van der Waals surface area (Å²) < 4.78 is 5.61. The highest BCUT2D eigenvalue weighted by atomic mass is 16.5. The molecule has 1 aliphatic heterocycles. The number of benzene rings is 2. The fraction of sp³-hybridized carbons (Fsp3) is 0.444. The Balaban J connectivity index is 1.43. The second-order valence-electron chi connectivity index (χ2n) is 9.33. The third kappa shape index (κ3) is 4.79. The van der Waals surface area contributed by atoms with Crippen LogP contribution in [0.3, 0.4) is 0 Å². The fourth-order valence-electron chi connectivity index (χ4n) is 5.17. The van der Waals surface area contributed by atoms with Gasteiger partial charge in [0.15, 0.2) is 0 Å². The number of ether oxygens (including phenoxy) is 1. The molecule has 0 aromatic heterocycles. The maximum absolute atomic E-state index is 13.2. The van der Waals surface area contributed by atoms with Crippen LogP contribution < -0.4 is 5.32 Å². The smallest absolute Gasteiger partial charge is 0.407 e. The van der Waals surface area contributed by atoms with Crippen LogP contribution >= 0.6 is 0 Å². The van der Waals surface area contributed by atoms with E-state index in [0.717, 1.165) is 28.7 Å². The van der Waals surface area contributed by atoms with Gasteiger partial charge in [0, 0.05) is 12.5 Å². The van der Waals surface area contributed by atoms with Crippen molar-refractivity contribution in [3.63, 3.8) is 0 Å². The molecule has 7 nitrogen and oxygen atoms in total. The molecule has 1 heterocycles. The van der Waals surface area contributed by atoms with Crippen molar-refractivity contribution in [2.24, 2.45) is 5.92 Å². The maximum atomic E-state index is 13.2. The number of carboxylic acids is 1. The van der Waals surface area contributed by atoms with Crippen LogP contribution in [0.25, 0.3) is 11.1 Å². The highest BCUT2D eigenvalue weighted by Crippen LogP contribution is 2.44. The van der Waals surface area contributed by atoms with Gasteiger partial charge in [-0.05, 0) is 47.4 Å². The fourth-order valence-corrected chi connectivity index (χ4v) is 5.17. The number of rotatable bonds is 7. The summed E-state index contributed by atoms with van der Waals surface area (Å²) in [5.74, 6) is -1.19. The Kier molecular flexibility index (Phi) is 7.20. The lowest BCUT2D eigenvalue weighted by Gasteiger charge is -2.38. The quantitative estimate of drug-likeness (QED) is 0.633. The first-order chi connectivity index (χ1) is 16.4. The third-order valence-corrected chi connectivity index (χ3v) is 6.94. The van der Waals surface area contributed by atoms with E-state index in [1.54, 1.807) is 0 Å². The number of nitrogens with zero attached hydrogens (tertiary/aromatic N) is 1. The van der Waals surface area contributed by atoms with Crippen molar-refractivity contribution in [2.75, 3.05) is 13.2 Å². The monoisotopic (exact) mass is 464 g/mol. The zero-order valence-electron chi connectivity index (χ0n) is 19.7. The van der Waals surface area contributed by atoms with Gasteiger partial charge in [0.05, 0.1) is 0 Å². The molecule has 2 N–H and O–H groups in total. The van der Waals surface area contributed by atoms with Gasteiger partial charge in [-0.1, -0.05) is 68.8 Å². The molecular weight excluding hydrogens is 432 g/mol. The van der Waals surface area contributed by atoms with Crippen LogP contribution in [0.1, 0.15) is 56.6 Å². The number of likely N-dealkylation sites (tertiary alicyclic amines) is 1. The molecule has 2 unspecified atom stereocenters. The van der Waals surface area contributed by atoms with Gasteiger partial charge in [-0.3, -0.25) is 4.79 Å². The molecule has 2 aliphatic rings. The predicted molar refractivity (Wildman–Crippen MR) is 128 cm³/mol. The molecule has 0 spiro atoms. The minimum Gasteiger partial charge on any atom is -0.480 e. The van der Waals surface area contributed by atoms with E-state index in [2.05, 4.69) is 17.4 Å². The summed E-state index contributed by atoms with van der Waals surface area (Å²) >= 11 is 0. The van der Waals surface area contributed by atoms with E-state index in [1.807, 2.05) is 50.2 Å². The van der Waals surface area contributed by atoms with Crippen LogP contribution in [0.2, 0.25) is 0 Å². The second kappa shape index (κ2) is 10.3. The lowest BCUT2D eigenvalue weighted by molar-refractivity contribution is -0.154. The summed E-state index contributed by atoms with van der Waals surface area (Å²) in [6.07, 6.45) is 1.60. The molecule has 0 saturated carbocycles. The largest absolute Gasteiger partial charge is 0.480 e. The highest BCUT2D eigenvalue weighted by Gasteiger charge is 2.38. The Morgan fingerprint density at radius 3 is 2.29 bits per heavy atom. The number of carbonyl (C=O) groups is 3. The Hall–Kier alpha value is -3.35. The summed E-state index contributed by atoms with van der Waals surface area (Å²) in [5, 5.41) is 12.3. The number of aliphatic carboxylic acids is 1. The molecule has 1 saturated heterocycles. The summed E-state index contributed by atoms with van der Waals surface area (Å²) in [6.45, 7) is 4.46. The lowest BCUT2D eigenvalue weighted by atomic mass is 9.91. The Morgan fingerprint density at radius 2 is 1.71 bits per heavy atom. The van der Waals surface area contributed by atoms with Crippen LogP contribution in [0.15, 0.2) is 48.5 Å². The molecule has 180 valence electrons. The predicted octanol–water partition coefficient (Wildman–Crippen LogP) is 4.41. The number of fused-ring (bicyclic) bond motifs is 3. The number of alkyl carbamates (subject to hydrolysis) is 1. The minimum atomic E-state index is -1.00. The van der Waals surface area contributed by atoms with Gasteiger partial charge < -0.3 is 20.1 Å². The van der Waals surface area contributed by atoms with Gasteiger partial charge in [-0.25, -0.2) is 9.59 Å². The van der Waals surface area contributed by atoms with Crippen molar-refractivity contribution < 1.29 is 24.2 Å². The first kappa shape index (κ1) is 23.8. The highest BCUT2D eigenvalue weighted by molar-refractivity contribution is 5.89. The van der Waals surface area contributed by atoms with Gasteiger partial charge in [0.1, 0.15) is 18.7 Å². The summed E-state index contributed by atoms with van der Waals surface area (Å²) in [6, 6.07) is 14.5. The van der Waals surface area contributed by atoms with Crippen LogP contribution in [-0.4, -0.2) is 53.2 Å². The number of piperidine rings is 1. The molecule has 4 rings (SSSR count). The molecule has 2 amide bonds. The maximum Gasteiger partial charge on any atom is 0.407 e. The van der Waals surface area contributed by atoms with Crippen LogP contribution in [0, 0.1) is 5.92 Å². The van der Waals surface area contributed by atoms with Crippen molar-refractivity contribution >= 4 is 18.0 Å². The number of nitrogens with one attached hydrogen (secondary N) is 1. The Bertz CT molecular complexity index is 1020. The van der Waals surface area contributed by atoms with E-state index < -0.39 is 24.1 Å². The zero-order valence-corrected chi connectivity index (χ0v) is 19.7. The molecule has 34 heavy (non-hydrogen) atoms. The van der Waals surface area contributed by atoms with E-state index in [-0.39, 0.29) is 24.3 Å². The number of hydrogen-bond acceptors (Lipinski definition) is 4. The molecular formula is C27H32N2O5. The average Bonchev–Trinajstić information content (AvgIpc) is 3.15. The Labute approximate surface area is 200 Å². The third-order valence-electron chi connectivity index (χ3n) is 6.94. The first-order valence-corrected chi connectivity index (χ1v) is 12.1. The van der Waals surface area contributed by atoms with E-state index in [1.165, 1.54) is 4.90 Å². The van der Waals surface area contributed by atoms with E-state index in [9.17, 15) is 19.5 Å². The van der Waals surface area contributed by atoms with Crippen molar-refractivity contribution in [3.05, 3.63) is 59.7 Å². The first-order valence-electron chi connectivity index (χ1n) is 12.1. The summed E-state index contributed by atoms with van der Waals surface area (Å²) in [4.78, 5) is 39.1. The van der Waals surface area contributed by atoms with E-state index >= 15 is 0 Å². The molecule has 0 bridgehead atoms. The van der Waals surface area contributed by atoms with E-state index in [0.29, 0.717) is 25.8 Å². The molecule has 2 aromatic carbocycles. The van der Waals surface area contributed by atoms with Crippen LogP contribution in [-0.2, 0) is 14.3 Å². The van der Waals surface area contributed by atoms with Gasteiger partial charge in [-0.15, -0.1) is 0 Å². The second-order valence-corrected chi connectivity index (χ2v) is 9.33. The number of hydrogen-bond donors (Lipinski definition) is 2. The molecule has 7 heteroatoms. The van der Waals surface area contributed by atoms with Crippen molar-refractivity contribution in [1.29, 1.82) is 0 Å². The van der Waals surface area contributed by atoms with Crippen molar-refractivity contribution in [1.82, 2.24) is 10.2 Å². The zero-order chi connectivity index (χ0) is 24.2. The van der Waals surface area contributed by atoms with Crippen LogP contribution in [0.4, 0.5) is 4.79 Å². The minimum absolute atomic E-state index is 0.0709. The number of carbonyl (C=O) groups excluding carboxylic acids is 2.